The largest absolute Gasteiger partial charge is 0.496 e. The highest BCUT2D eigenvalue weighted by atomic mass is 16.5. The number of nitrogens with zero attached hydrogens (tertiary/aromatic N) is 3. The van der Waals surface area contributed by atoms with Gasteiger partial charge in [-0.25, -0.2) is 0 Å². The van der Waals surface area contributed by atoms with Crippen LogP contribution in [0.5, 0.6) is 5.75 Å². The predicted octanol–water partition coefficient (Wildman–Crippen LogP) is 2.18. The Bertz CT molecular complexity index is 848. The first kappa shape index (κ1) is 19.0. The minimum absolute atomic E-state index is 0.0264. The topological polar surface area (TPSA) is 54.8 Å². The summed E-state index contributed by atoms with van der Waals surface area (Å²) < 4.78 is 7.31. The number of benzene rings is 1. The maximum Gasteiger partial charge on any atom is 0.255 e. The Morgan fingerprint density at radius 2 is 1.67 bits per heavy atom. The third-order valence-corrected chi connectivity index (χ3v) is 5.24. The van der Waals surface area contributed by atoms with Crippen molar-refractivity contribution in [3.8, 4) is 5.75 Å². The van der Waals surface area contributed by atoms with E-state index in [4.69, 9.17) is 4.74 Å². The fourth-order valence-electron chi connectivity index (χ4n) is 3.42. The Morgan fingerprint density at radius 3 is 2.26 bits per heavy atom. The zero-order valence-corrected chi connectivity index (χ0v) is 16.5. The summed E-state index contributed by atoms with van der Waals surface area (Å²) in [5, 5.41) is 0. The molecule has 0 atom stereocenters. The number of ether oxygens (including phenoxy) is 1. The molecule has 6 heteroatoms. The quantitative estimate of drug-likeness (QED) is 0.830. The van der Waals surface area contributed by atoms with Crippen LogP contribution in [0.25, 0.3) is 0 Å². The van der Waals surface area contributed by atoms with Crippen LogP contribution in [-0.2, 0) is 18.3 Å². The molecule has 1 aliphatic rings. The van der Waals surface area contributed by atoms with Crippen LogP contribution in [0, 0.1) is 13.8 Å². The summed E-state index contributed by atoms with van der Waals surface area (Å²) >= 11 is 0. The first-order valence-corrected chi connectivity index (χ1v) is 9.22. The van der Waals surface area contributed by atoms with E-state index in [1.165, 1.54) is 0 Å². The van der Waals surface area contributed by atoms with Gasteiger partial charge in [-0.3, -0.25) is 9.59 Å². The van der Waals surface area contributed by atoms with E-state index in [0.29, 0.717) is 38.2 Å². The van der Waals surface area contributed by atoms with Gasteiger partial charge in [-0.1, -0.05) is 6.07 Å². The van der Waals surface area contributed by atoms with Gasteiger partial charge in [-0.15, -0.1) is 0 Å². The summed E-state index contributed by atoms with van der Waals surface area (Å²) in [5.74, 6) is 0.853. The Morgan fingerprint density at radius 1 is 1.04 bits per heavy atom. The zero-order valence-electron chi connectivity index (χ0n) is 16.5. The maximum atomic E-state index is 12.7. The van der Waals surface area contributed by atoms with Crippen molar-refractivity contribution in [3.05, 3.63) is 52.8 Å². The smallest absolute Gasteiger partial charge is 0.255 e. The SMILES string of the molecule is COc1cc(C)c(C)cc1CC(=O)N1CCN(C(=O)c2ccn(C)c2)CC1. The Balaban J connectivity index is 1.60. The van der Waals surface area contributed by atoms with Gasteiger partial charge in [0.05, 0.1) is 19.1 Å². The second kappa shape index (κ2) is 7.86. The highest BCUT2D eigenvalue weighted by Gasteiger charge is 2.25. The number of amides is 2. The second-order valence-corrected chi connectivity index (χ2v) is 7.16. The monoisotopic (exact) mass is 369 g/mol. The average molecular weight is 369 g/mol. The average Bonchev–Trinajstić information content (AvgIpc) is 3.10. The molecule has 1 fully saturated rings. The number of aryl methyl sites for hydroxylation is 3. The second-order valence-electron chi connectivity index (χ2n) is 7.16. The molecule has 0 bridgehead atoms. The molecule has 1 aliphatic heterocycles. The number of hydrogen-bond acceptors (Lipinski definition) is 3. The van der Waals surface area contributed by atoms with Crippen molar-refractivity contribution in [2.75, 3.05) is 33.3 Å². The summed E-state index contributed by atoms with van der Waals surface area (Å²) in [6, 6.07) is 5.83. The first-order chi connectivity index (χ1) is 12.9. The van der Waals surface area contributed by atoms with E-state index in [-0.39, 0.29) is 11.8 Å². The molecule has 0 unspecified atom stereocenters. The number of methoxy groups -OCH3 is 1. The van der Waals surface area contributed by atoms with E-state index < -0.39 is 0 Å². The molecule has 0 N–H and O–H groups in total. The van der Waals surface area contributed by atoms with Crippen molar-refractivity contribution >= 4 is 11.8 Å². The zero-order chi connectivity index (χ0) is 19.6. The van der Waals surface area contributed by atoms with Crippen molar-refractivity contribution < 1.29 is 14.3 Å². The summed E-state index contributed by atoms with van der Waals surface area (Å²) in [4.78, 5) is 28.9. The molecule has 1 saturated heterocycles. The van der Waals surface area contributed by atoms with E-state index in [0.717, 1.165) is 22.4 Å². The summed E-state index contributed by atoms with van der Waals surface area (Å²) in [5.41, 5.74) is 3.90. The van der Waals surface area contributed by atoms with Crippen LogP contribution in [-0.4, -0.2) is 59.5 Å². The van der Waals surface area contributed by atoms with E-state index in [9.17, 15) is 9.59 Å². The molecule has 2 heterocycles. The van der Waals surface area contributed by atoms with Gasteiger partial charge in [0.1, 0.15) is 5.75 Å². The highest BCUT2D eigenvalue weighted by Crippen LogP contribution is 2.24. The molecule has 2 aromatic rings. The number of aromatic nitrogens is 1. The number of piperazine rings is 1. The van der Waals surface area contributed by atoms with Crippen molar-refractivity contribution in [2.24, 2.45) is 7.05 Å². The van der Waals surface area contributed by atoms with Gasteiger partial charge >= 0.3 is 0 Å². The third kappa shape index (κ3) is 4.15. The third-order valence-electron chi connectivity index (χ3n) is 5.24. The van der Waals surface area contributed by atoms with Gasteiger partial charge < -0.3 is 19.1 Å². The van der Waals surface area contributed by atoms with Gasteiger partial charge in [-0.2, -0.15) is 0 Å². The molecule has 1 aromatic heterocycles. The molecule has 0 spiro atoms. The number of hydrogen-bond donors (Lipinski definition) is 0. The predicted molar refractivity (Wildman–Crippen MR) is 104 cm³/mol. The van der Waals surface area contributed by atoms with E-state index in [1.54, 1.807) is 7.11 Å². The molecule has 0 saturated carbocycles. The van der Waals surface area contributed by atoms with Gasteiger partial charge in [0.2, 0.25) is 5.91 Å². The Kier molecular flexibility index (Phi) is 5.54. The Labute approximate surface area is 160 Å². The van der Waals surface area contributed by atoms with Crippen molar-refractivity contribution in [1.82, 2.24) is 14.4 Å². The molecule has 6 nitrogen and oxygen atoms in total. The number of carbonyl (C=O) groups is 2. The number of carbonyl (C=O) groups excluding carboxylic acids is 2. The summed E-state index contributed by atoms with van der Waals surface area (Å²) in [6.45, 7) is 6.31. The Hall–Kier alpha value is -2.76. The lowest BCUT2D eigenvalue weighted by molar-refractivity contribution is -0.131. The van der Waals surface area contributed by atoms with Crippen molar-refractivity contribution in [1.29, 1.82) is 0 Å². The minimum Gasteiger partial charge on any atom is -0.496 e. The fourth-order valence-corrected chi connectivity index (χ4v) is 3.42. The van der Waals surface area contributed by atoms with Gasteiger partial charge in [0.25, 0.3) is 5.91 Å². The van der Waals surface area contributed by atoms with E-state index >= 15 is 0 Å². The van der Waals surface area contributed by atoms with Crippen molar-refractivity contribution in [2.45, 2.75) is 20.3 Å². The normalized spacial score (nSPS) is 14.4. The van der Waals surface area contributed by atoms with Crippen LogP contribution in [0.1, 0.15) is 27.0 Å². The number of rotatable bonds is 4. The summed E-state index contributed by atoms with van der Waals surface area (Å²) in [7, 11) is 3.53. The van der Waals surface area contributed by atoms with Crippen LogP contribution in [0.15, 0.2) is 30.6 Å². The van der Waals surface area contributed by atoms with Crippen LogP contribution in [0.3, 0.4) is 0 Å². The minimum atomic E-state index is 0.0264. The summed E-state index contributed by atoms with van der Waals surface area (Å²) in [6.07, 6.45) is 4.01. The molecule has 0 aliphatic carbocycles. The molecule has 2 amide bonds. The fraction of sp³-hybridized carbons (Fsp3) is 0.429. The molecule has 0 radical (unpaired) electrons. The molecular formula is C21H27N3O3. The van der Waals surface area contributed by atoms with Crippen LogP contribution >= 0.6 is 0 Å². The lowest BCUT2D eigenvalue weighted by Gasteiger charge is -2.34. The van der Waals surface area contributed by atoms with E-state index in [1.807, 2.05) is 65.9 Å². The van der Waals surface area contributed by atoms with Gasteiger partial charge in [0.15, 0.2) is 0 Å². The maximum absolute atomic E-state index is 12.7. The lowest BCUT2D eigenvalue weighted by atomic mass is 10.0. The molecular weight excluding hydrogens is 342 g/mol. The van der Waals surface area contributed by atoms with E-state index in [2.05, 4.69) is 0 Å². The first-order valence-electron chi connectivity index (χ1n) is 9.22. The van der Waals surface area contributed by atoms with Gasteiger partial charge in [0, 0.05) is 51.2 Å². The standard InChI is InChI=1S/C21H27N3O3/c1-15-11-18(19(27-4)12-16(15)2)13-20(25)23-7-9-24(10-8-23)21(26)17-5-6-22(3)14-17/h5-6,11-12,14H,7-10,13H2,1-4H3. The highest BCUT2D eigenvalue weighted by molar-refractivity contribution is 5.94. The molecule has 144 valence electrons. The van der Waals surface area contributed by atoms with Crippen LogP contribution in [0.4, 0.5) is 0 Å². The van der Waals surface area contributed by atoms with Crippen LogP contribution in [0.2, 0.25) is 0 Å². The lowest BCUT2D eigenvalue weighted by Crippen LogP contribution is -2.51. The van der Waals surface area contributed by atoms with Crippen LogP contribution < -0.4 is 4.74 Å². The molecule has 3 rings (SSSR count). The molecule has 27 heavy (non-hydrogen) atoms. The van der Waals surface area contributed by atoms with Crippen molar-refractivity contribution in [3.63, 3.8) is 0 Å². The van der Waals surface area contributed by atoms with Gasteiger partial charge in [-0.05, 0) is 37.1 Å². The molecule has 1 aromatic carbocycles.